The fourth-order valence-corrected chi connectivity index (χ4v) is 3.41. The molecule has 0 fully saturated rings. The third-order valence-corrected chi connectivity index (χ3v) is 4.89. The van der Waals surface area contributed by atoms with Crippen LogP contribution in [0.5, 0.6) is 0 Å². The summed E-state index contributed by atoms with van der Waals surface area (Å²) in [6.07, 6.45) is 0.791. The van der Waals surface area contributed by atoms with Crippen LogP contribution in [0.15, 0.2) is 35.0 Å². The van der Waals surface area contributed by atoms with Gasteiger partial charge in [0.2, 0.25) is 0 Å². The molecule has 134 valence electrons. The molecule has 5 nitrogen and oxygen atoms in total. The van der Waals surface area contributed by atoms with Gasteiger partial charge in [0.15, 0.2) is 0 Å². The van der Waals surface area contributed by atoms with Gasteiger partial charge in [0.05, 0.1) is 6.04 Å². The third-order valence-electron chi connectivity index (χ3n) is 4.19. The number of likely N-dealkylation sites (N-methyl/N-ethyl adjacent to an activating group) is 1. The number of thiophene rings is 1. The lowest BCUT2D eigenvalue weighted by molar-refractivity contribution is -0.136. The molecule has 1 unspecified atom stereocenters. The molecule has 0 aliphatic rings. The van der Waals surface area contributed by atoms with Crippen molar-refractivity contribution in [2.45, 2.75) is 26.3 Å². The van der Waals surface area contributed by atoms with Gasteiger partial charge in [-0.1, -0.05) is 25.1 Å². The predicted octanol–water partition coefficient (Wildman–Crippen LogP) is 2.98. The van der Waals surface area contributed by atoms with Crippen LogP contribution in [-0.2, 0) is 16.0 Å². The molecule has 0 spiro atoms. The first-order valence-corrected chi connectivity index (χ1v) is 9.24. The number of hydrogen-bond acceptors (Lipinski definition) is 4. The lowest BCUT2D eigenvalue weighted by Gasteiger charge is -2.24. The highest BCUT2D eigenvalue weighted by molar-refractivity contribution is 7.07. The quantitative estimate of drug-likeness (QED) is 0.780. The normalized spacial score (nSPS) is 12.0. The molecule has 1 heterocycles. The summed E-state index contributed by atoms with van der Waals surface area (Å²) in [6.45, 7) is 4.32. The van der Waals surface area contributed by atoms with E-state index in [0.717, 1.165) is 28.8 Å². The maximum Gasteiger partial charge on any atom is 0.313 e. The summed E-state index contributed by atoms with van der Waals surface area (Å²) in [6, 6.07) is 7.90. The lowest BCUT2D eigenvalue weighted by atomic mass is 10.1. The highest BCUT2D eigenvalue weighted by Gasteiger charge is 2.20. The summed E-state index contributed by atoms with van der Waals surface area (Å²) in [4.78, 5) is 26.5. The first kappa shape index (κ1) is 19.1. The van der Waals surface area contributed by atoms with Crippen LogP contribution in [0.1, 0.15) is 29.7 Å². The van der Waals surface area contributed by atoms with E-state index in [1.165, 1.54) is 0 Å². The fraction of sp³-hybridized carbons (Fsp3) is 0.368. The van der Waals surface area contributed by atoms with E-state index < -0.39 is 11.8 Å². The minimum atomic E-state index is -0.633. The molecule has 0 bridgehead atoms. The number of hydrogen-bond donors (Lipinski definition) is 2. The van der Waals surface area contributed by atoms with E-state index >= 15 is 0 Å². The number of aryl methyl sites for hydroxylation is 2. The van der Waals surface area contributed by atoms with Crippen molar-refractivity contribution in [1.29, 1.82) is 0 Å². The van der Waals surface area contributed by atoms with Crippen molar-refractivity contribution in [3.05, 3.63) is 51.7 Å². The summed E-state index contributed by atoms with van der Waals surface area (Å²) in [5.74, 6) is -1.25. The van der Waals surface area contributed by atoms with Gasteiger partial charge in [-0.3, -0.25) is 9.59 Å². The number of nitrogens with zero attached hydrogens (tertiary/aromatic N) is 1. The van der Waals surface area contributed by atoms with Crippen LogP contribution in [0.25, 0.3) is 0 Å². The average Bonchev–Trinajstić information content (AvgIpc) is 3.10. The molecule has 2 rings (SSSR count). The fourth-order valence-electron chi connectivity index (χ4n) is 2.71. The van der Waals surface area contributed by atoms with Crippen molar-refractivity contribution < 1.29 is 9.59 Å². The highest BCUT2D eigenvalue weighted by Crippen LogP contribution is 2.21. The topological polar surface area (TPSA) is 61.4 Å². The second kappa shape index (κ2) is 8.78. The largest absolute Gasteiger partial charge is 0.346 e. The minimum Gasteiger partial charge on any atom is -0.346 e. The predicted molar refractivity (Wildman–Crippen MR) is 103 cm³/mol. The maximum atomic E-state index is 12.3. The van der Waals surface area contributed by atoms with Gasteiger partial charge < -0.3 is 15.5 Å². The summed E-state index contributed by atoms with van der Waals surface area (Å²) < 4.78 is 0. The molecule has 25 heavy (non-hydrogen) atoms. The van der Waals surface area contributed by atoms with E-state index in [9.17, 15) is 9.59 Å². The van der Waals surface area contributed by atoms with Gasteiger partial charge in [-0.2, -0.15) is 11.3 Å². The van der Waals surface area contributed by atoms with Crippen LogP contribution in [0, 0.1) is 6.92 Å². The van der Waals surface area contributed by atoms with Gasteiger partial charge in [-0.15, -0.1) is 0 Å². The number of amides is 2. The second-order valence-corrected chi connectivity index (χ2v) is 6.94. The number of carbonyl (C=O) groups is 2. The Hall–Kier alpha value is -2.18. The van der Waals surface area contributed by atoms with Crippen molar-refractivity contribution >= 4 is 28.8 Å². The molecule has 0 aliphatic carbocycles. The Balaban J connectivity index is 2.00. The molecule has 2 N–H and O–H groups in total. The number of rotatable bonds is 6. The molecule has 2 aromatic rings. The van der Waals surface area contributed by atoms with E-state index in [0.29, 0.717) is 6.54 Å². The van der Waals surface area contributed by atoms with Crippen molar-refractivity contribution in [2.75, 3.05) is 26.0 Å². The maximum absolute atomic E-state index is 12.3. The number of anilines is 1. The van der Waals surface area contributed by atoms with Crippen molar-refractivity contribution in [3.63, 3.8) is 0 Å². The van der Waals surface area contributed by atoms with E-state index in [2.05, 4.69) is 16.0 Å². The standard InChI is InChI=1S/C19H25N3O2S/c1-5-14-8-6-7-13(2)17(14)21-19(24)18(23)20-11-16(22(3)4)15-9-10-25-12-15/h6-10,12,16H,5,11H2,1-4H3,(H,20,23)(H,21,24). The van der Waals surface area contributed by atoms with Gasteiger partial charge in [-0.25, -0.2) is 0 Å². The summed E-state index contributed by atoms with van der Waals surface area (Å²) in [7, 11) is 3.91. The monoisotopic (exact) mass is 359 g/mol. The van der Waals surface area contributed by atoms with Crippen molar-refractivity contribution in [1.82, 2.24) is 10.2 Å². The zero-order chi connectivity index (χ0) is 18.4. The Morgan fingerprint density at radius 3 is 2.56 bits per heavy atom. The Morgan fingerprint density at radius 1 is 1.20 bits per heavy atom. The number of carbonyl (C=O) groups excluding carboxylic acids is 2. The van der Waals surface area contributed by atoms with Gasteiger partial charge in [0.1, 0.15) is 0 Å². The summed E-state index contributed by atoms with van der Waals surface area (Å²) in [5.41, 5.74) is 3.82. The van der Waals surface area contributed by atoms with E-state index in [1.54, 1.807) is 11.3 Å². The van der Waals surface area contributed by atoms with Gasteiger partial charge >= 0.3 is 11.8 Å². The van der Waals surface area contributed by atoms with E-state index in [1.807, 2.05) is 62.5 Å². The van der Waals surface area contributed by atoms with Gasteiger partial charge in [0.25, 0.3) is 0 Å². The number of nitrogens with one attached hydrogen (secondary N) is 2. The molecular formula is C19H25N3O2S. The second-order valence-electron chi connectivity index (χ2n) is 6.16. The SMILES string of the molecule is CCc1cccc(C)c1NC(=O)C(=O)NCC(c1ccsc1)N(C)C. The number of para-hydroxylation sites is 1. The lowest BCUT2D eigenvalue weighted by Crippen LogP contribution is -2.40. The average molecular weight is 359 g/mol. The highest BCUT2D eigenvalue weighted by atomic mass is 32.1. The van der Waals surface area contributed by atoms with Gasteiger partial charge in [0, 0.05) is 12.2 Å². The smallest absolute Gasteiger partial charge is 0.313 e. The zero-order valence-electron chi connectivity index (χ0n) is 15.1. The molecule has 1 aromatic carbocycles. The van der Waals surface area contributed by atoms with Crippen molar-refractivity contribution in [3.8, 4) is 0 Å². The van der Waals surface area contributed by atoms with Gasteiger partial charge in [-0.05, 0) is 61.0 Å². The van der Waals surface area contributed by atoms with E-state index in [-0.39, 0.29) is 6.04 Å². The Labute approximate surface area is 153 Å². The molecule has 2 amide bonds. The van der Waals surface area contributed by atoms with Crippen LogP contribution in [0.4, 0.5) is 5.69 Å². The summed E-state index contributed by atoms with van der Waals surface area (Å²) in [5, 5.41) is 9.55. The van der Waals surface area contributed by atoms with Crippen LogP contribution >= 0.6 is 11.3 Å². The Morgan fingerprint density at radius 2 is 1.96 bits per heavy atom. The molecule has 6 heteroatoms. The summed E-state index contributed by atoms with van der Waals surface area (Å²) >= 11 is 1.61. The molecule has 1 atom stereocenters. The molecule has 1 aromatic heterocycles. The van der Waals surface area contributed by atoms with Crippen LogP contribution in [-0.4, -0.2) is 37.4 Å². The van der Waals surface area contributed by atoms with E-state index in [4.69, 9.17) is 0 Å². The molecule has 0 saturated carbocycles. The van der Waals surface area contributed by atoms with Crippen LogP contribution in [0.2, 0.25) is 0 Å². The Kier molecular flexibility index (Phi) is 6.73. The molecule has 0 radical (unpaired) electrons. The first-order valence-electron chi connectivity index (χ1n) is 8.30. The first-order chi connectivity index (χ1) is 11.9. The molecule has 0 saturated heterocycles. The van der Waals surface area contributed by atoms with Crippen molar-refractivity contribution in [2.24, 2.45) is 0 Å². The minimum absolute atomic E-state index is 0.0349. The Bertz CT molecular complexity index is 726. The van der Waals surface area contributed by atoms with Crippen LogP contribution < -0.4 is 10.6 Å². The third kappa shape index (κ3) is 4.90. The van der Waals surface area contributed by atoms with Crippen LogP contribution in [0.3, 0.4) is 0 Å². The zero-order valence-corrected chi connectivity index (χ0v) is 15.9. The molecular weight excluding hydrogens is 334 g/mol. The number of benzene rings is 1. The molecule has 0 aliphatic heterocycles.